The lowest BCUT2D eigenvalue weighted by atomic mass is 10.0. The quantitative estimate of drug-likeness (QED) is 0.671. The number of hydrogen-bond acceptors (Lipinski definition) is 3. The van der Waals surface area contributed by atoms with Crippen LogP contribution in [0, 0.1) is 11.6 Å². The van der Waals surface area contributed by atoms with E-state index in [0.29, 0.717) is 13.0 Å². The van der Waals surface area contributed by atoms with Crippen molar-refractivity contribution in [1.82, 2.24) is 10.2 Å². The molecule has 1 aromatic carbocycles. The van der Waals surface area contributed by atoms with Crippen molar-refractivity contribution in [2.24, 2.45) is 5.73 Å². The Morgan fingerprint density at radius 1 is 1.12 bits per heavy atom. The highest BCUT2D eigenvalue weighted by atomic mass is 19.2. The van der Waals surface area contributed by atoms with Crippen LogP contribution in [-0.2, 0) is 11.3 Å². The Morgan fingerprint density at radius 3 is 2.52 bits per heavy atom. The molecule has 0 saturated carbocycles. The van der Waals surface area contributed by atoms with Gasteiger partial charge in [-0.2, -0.15) is 0 Å². The first kappa shape index (κ1) is 19.8. The van der Waals surface area contributed by atoms with Crippen molar-refractivity contribution in [3.63, 3.8) is 0 Å². The molecule has 1 fully saturated rings. The van der Waals surface area contributed by atoms with E-state index >= 15 is 0 Å². The minimum Gasteiger partial charge on any atom is -0.353 e. The maximum Gasteiger partial charge on any atom is 0.220 e. The van der Waals surface area contributed by atoms with Crippen LogP contribution in [0.25, 0.3) is 0 Å². The molecule has 1 heterocycles. The standard InChI is InChI=1S/C19H29F2N3O/c20-17-7-6-15(13-18(17)21)14-24-11-8-16(9-12-24)23-19(25)5-3-1-2-4-10-22/h6-7,13,16H,1-5,8-12,14,22H2,(H,23,25). The van der Waals surface area contributed by atoms with E-state index in [1.54, 1.807) is 6.07 Å². The van der Waals surface area contributed by atoms with Crippen molar-refractivity contribution in [3.05, 3.63) is 35.4 Å². The molecule has 1 aromatic rings. The molecule has 3 N–H and O–H groups in total. The Balaban J connectivity index is 1.64. The van der Waals surface area contributed by atoms with Gasteiger partial charge >= 0.3 is 0 Å². The number of hydrogen-bond donors (Lipinski definition) is 2. The molecule has 6 heteroatoms. The van der Waals surface area contributed by atoms with Gasteiger partial charge in [-0.3, -0.25) is 9.69 Å². The molecule has 0 radical (unpaired) electrons. The minimum atomic E-state index is -0.812. The fourth-order valence-corrected chi connectivity index (χ4v) is 3.21. The summed E-state index contributed by atoms with van der Waals surface area (Å²) in [5.74, 6) is -1.48. The molecule has 0 bridgehead atoms. The van der Waals surface area contributed by atoms with Crippen molar-refractivity contribution < 1.29 is 13.6 Å². The first-order valence-electron chi connectivity index (χ1n) is 9.24. The normalized spacial score (nSPS) is 16.1. The van der Waals surface area contributed by atoms with Gasteiger partial charge in [0.25, 0.3) is 0 Å². The molecule has 4 nitrogen and oxygen atoms in total. The van der Waals surface area contributed by atoms with Crippen LogP contribution in [0.15, 0.2) is 18.2 Å². The molecule has 0 aromatic heterocycles. The summed E-state index contributed by atoms with van der Waals surface area (Å²) in [6, 6.07) is 4.27. The van der Waals surface area contributed by atoms with Gasteiger partial charge in [0, 0.05) is 32.1 Å². The summed E-state index contributed by atoms with van der Waals surface area (Å²) in [5, 5.41) is 3.11. The van der Waals surface area contributed by atoms with Gasteiger partial charge in [0.1, 0.15) is 0 Å². The number of unbranched alkanes of at least 4 members (excludes halogenated alkanes) is 3. The zero-order valence-corrected chi connectivity index (χ0v) is 14.8. The van der Waals surface area contributed by atoms with Crippen molar-refractivity contribution in [1.29, 1.82) is 0 Å². The van der Waals surface area contributed by atoms with Crippen LogP contribution in [0.5, 0.6) is 0 Å². The van der Waals surface area contributed by atoms with Gasteiger partial charge in [0.2, 0.25) is 5.91 Å². The van der Waals surface area contributed by atoms with Crippen LogP contribution in [0.2, 0.25) is 0 Å². The Bertz CT molecular complexity index is 545. The maximum atomic E-state index is 13.3. The zero-order valence-electron chi connectivity index (χ0n) is 14.8. The minimum absolute atomic E-state index is 0.131. The summed E-state index contributed by atoms with van der Waals surface area (Å²) < 4.78 is 26.2. The lowest BCUT2D eigenvalue weighted by Crippen LogP contribution is -2.44. The van der Waals surface area contributed by atoms with E-state index in [1.165, 1.54) is 12.1 Å². The molecule has 0 aliphatic carbocycles. The fraction of sp³-hybridized carbons (Fsp3) is 0.632. The highest BCUT2D eigenvalue weighted by Gasteiger charge is 2.20. The molecule has 0 unspecified atom stereocenters. The van der Waals surface area contributed by atoms with E-state index in [1.807, 2.05) is 0 Å². The molecule has 1 aliphatic heterocycles. The van der Waals surface area contributed by atoms with Crippen molar-refractivity contribution >= 4 is 5.91 Å². The number of benzene rings is 1. The molecule has 140 valence electrons. The van der Waals surface area contributed by atoms with E-state index in [9.17, 15) is 13.6 Å². The number of halogens is 2. The Hall–Kier alpha value is -1.53. The summed E-state index contributed by atoms with van der Waals surface area (Å²) in [6.07, 6.45) is 6.45. The highest BCUT2D eigenvalue weighted by Crippen LogP contribution is 2.16. The van der Waals surface area contributed by atoms with E-state index < -0.39 is 11.6 Å². The van der Waals surface area contributed by atoms with Crippen LogP contribution in [0.1, 0.15) is 50.5 Å². The van der Waals surface area contributed by atoms with E-state index in [0.717, 1.165) is 63.7 Å². The Kier molecular flexibility index (Phi) is 8.28. The van der Waals surface area contributed by atoms with Gasteiger partial charge in [0.15, 0.2) is 11.6 Å². The number of likely N-dealkylation sites (tertiary alicyclic amines) is 1. The SMILES string of the molecule is NCCCCCCC(=O)NC1CCN(Cc2ccc(F)c(F)c2)CC1. The maximum absolute atomic E-state index is 13.3. The number of piperidine rings is 1. The second-order valence-corrected chi connectivity index (χ2v) is 6.82. The molecule has 1 saturated heterocycles. The number of nitrogens with one attached hydrogen (secondary N) is 1. The number of carbonyl (C=O) groups is 1. The molecule has 25 heavy (non-hydrogen) atoms. The largest absolute Gasteiger partial charge is 0.353 e. The van der Waals surface area contributed by atoms with Gasteiger partial charge in [-0.25, -0.2) is 8.78 Å². The second-order valence-electron chi connectivity index (χ2n) is 6.82. The lowest BCUT2D eigenvalue weighted by molar-refractivity contribution is -0.122. The summed E-state index contributed by atoms with van der Waals surface area (Å²) in [5.41, 5.74) is 6.23. The Labute approximate surface area is 148 Å². The van der Waals surface area contributed by atoms with Gasteiger partial charge in [-0.1, -0.05) is 18.9 Å². The number of nitrogens with zero attached hydrogens (tertiary/aromatic N) is 1. The highest BCUT2D eigenvalue weighted by molar-refractivity contribution is 5.76. The summed E-state index contributed by atoms with van der Waals surface area (Å²) in [7, 11) is 0. The molecule has 0 atom stereocenters. The van der Waals surface area contributed by atoms with Gasteiger partial charge < -0.3 is 11.1 Å². The number of amides is 1. The van der Waals surface area contributed by atoms with Gasteiger partial charge in [-0.05, 0) is 49.9 Å². The number of rotatable bonds is 9. The predicted molar refractivity (Wildman–Crippen MR) is 94.9 cm³/mol. The van der Waals surface area contributed by atoms with E-state index in [4.69, 9.17) is 5.73 Å². The average molecular weight is 353 g/mol. The van der Waals surface area contributed by atoms with Crippen LogP contribution < -0.4 is 11.1 Å². The third-order valence-electron chi connectivity index (χ3n) is 4.70. The van der Waals surface area contributed by atoms with Gasteiger partial charge in [0.05, 0.1) is 0 Å². The second kappa shape index (κ2) is 10.5. The topological polar surface area (TPSA) is 58.4 Å². The fourth-order valence-electron chi connectivity index (χ4n) is 3.21. The first-order valence-corrected chi connectivity index (χ1v) is 9.24. The predicted octanol–water partition coefficient (Wildman–Crippen LogP) is 2.95. The summed E-state index contributed by atoms with van der Waals surface area (Å²) >= 11 is 0. The molecular weight excluding hydrogens is 324 g/mol. The smallest absolute Gasteiger partial charge is 0.220 e. The van der Waals surface area contributed by atoms with Crippen molar-refractivity contribution in [3.8, 4) is 0 Å². The molecule has 0 spiro atoms. The third-order valence-corrected chi connectivity index (χ3v) is 4.70. The zero-order chi connectivity index (χ0) is 18.1. The van der Waals surface area contributed by atoms with Gasteiger partial charge in [-0.15, -0.1) is 0 Å². The van der Waals surface area contributed by atoms with Crippen molar-refractivity contribution in [2.75, 3.05) is 19.6 Å². The van der Waals surface area contributed by atoms with Crippen LogP contribution >= 0.6 is 0 Å². The monoisotopic (exact) mass is 353 g/mol. The molecule has 2 rings (SSSR count). The van der Waals surface area contributed by atoms with E-state index in [-0.39, 0.29) is 11.9 Å². The number of carbonyl (C=O) groups excluding carboxylic acids is 1. The lowest BCUT2D eigenvalue weighted by Gasteiger charge is -2.32. The summed E-state index contributed by atoms with van der Waals surface area (Å²) in [4.78, 5) is 14.2. The average Bonchev–Trinajstić information content (AvgIpc) is 2.60. The van der Waals surface area contributed by atoms with Crippen molar-refractivity contribution in [2.45, 2.75) is 57.5 Å². The van der Waals surface area contributed by atoms with Crippen LogP contribution in [-0.4, -0.2) is 36.5 Å². The molecule has 1 aliphatic rings. The first-order chi connectivity index (χ1) is 12.1. The molecule has 1 amide bonds. The summed E-state index contributed by atoms with van der Waals surface area (Å²) in [6.45, 7) is 3.02. The number of nitrogens with two attached hydrogens (primary N) is 1. The Morgan fingerprint density at radius 2 is 1.84 bits per heavy atom. The van der Waals surface area contributed by atoms with Crippen LogP contribution in [0.3, 0.4) is 0 Å². The third kappa shape index (κ3) is 7.08. The van der Waals surface area contributed by atoms with E-state index in [2.05, 4.69) is 10.2 Å². The molecular formula is C19H29F2N3O. The van der Waals surface area contributed by atoms with Crippen LogP contribution in [0.4, 0.5) is 8.78 Å².